The van der Waals surface area contributed by atoms with E-state index >= 15 is 0 Å². The smallest absolute Gasteiger partial charge is 0.120 e. The Morgan fingerprint density at radius 2 is 2.14 bits per heavy atom. The van der Waals surface area contributed by atoms with E-state index in [1.807, 2.05) is 25.3 Å². The molecule has 1 rings (SSSR count). The van der Waals surface area contributed by atoms with Gasteiger partial charge < -0.3 is 9.84 Å². The van der Waals surface area contributed by atoms with Gasteiger partial charge in [0.2, 0.25) is 0 Å². The zero-order valence-electron chi connectivity index (χ0n) is 8.62. The van der Waals surface area contributed by atoms with Crippen LogP contribution in [-0.2, 0) is 6.42 Å². The summed E-state index contributed by atoms with van der Waals surface area (Å²) in [6.07, 6.45) is 2.72. The Balaban J connectivity index is 2.88. The van der Waals surface area contributed by atoms with Gasteiger partial charge in [-0.2, -0.15) is 0 Å². The molecular formula is C11H16O2S. The van der Waals surface area contributed by atoms with Gasteiger partial charge in [-0.25, -0.2) is 0 Å². The Hall–Kier alpha value is -0.670. The average molecular weight is 212 g/mol. The van der Waals surface area contributed by atoms with Crippen molar-refractivity contribution in [1.82, 2.24) is 0 Å². The minimum absolute atomic E-state index is 0.184. The van der Waals surface area contributed by atoms with E-state index in [0.717, 1.165) is 11.3 Å². The third-order valence-corrected chi connectivity index (χ3v) is 2.59. The van der Waals surface area contributed by atoms with E-state index in [9.17, 15) is 0 Å². The lowest BCUT2D eigenvalue weighted by Crippen LogP contribution is -1.95. The fourth-order valence-electron chi connectivity index (χ4n) is 1.27. The van der Waals surface area contributed by atoms with Crippen LogP contribution in [0.3, 0.4) is 0 Å². The third-order valence-electron chi connectivity index (χ3n) is 1.89. The number of hydrogen-bond acceptors (Lipinski definition) is 3. The second kappa shape index (κ2) is 5.94. The van der Waals surface area contributed by atoms with Gasteiger partial charge in [0, 0.05) is 11.5 Å². The first-order chi connectivity index (χ1) is 6.80. The third kappa shape index (κ3) is 3.24. The molecule has 0 saturated carbocycles. The second-order valence-corrected chi connectivity index (χ2v) is 3.80. The summed E-state index contributed by atoms with van der Waals surface area (Å²) in [5.41, 5.74) is 1.13. The van der Waals surface area contributed by atoms with E-state index in [0.29, 0.717) is 13.0 Å². The number of rotatable bonds is 5. The van der Waals surface area contributed by atoms with Crippen molar-refractivity contribution in [3.05, 3.63) is 23.8 Å². The van der Waals surface area contributed by atoms with Crippen molar-refractivity contribution >= 4 is 11.8 Å². The maximum atomic E-state index is 8.86. The molecule has 0 aliphatic carbocycles. The molecule has 1 aromatic carbocycles. The molecule has 0 amide bonds. The molecule has 0 aliphatic rings. The molecule has 2 nitrogen and oxygen atoms in total. The molecule has 0 aromatic heterocycles. The Bertz CT molecular complexity index is 262. The molecule has 0 saturated heterocycles. The van der Waals surface area contributed by atoms with Crippen LogP contribution in [0.5, 0.6) is 5.75 Å². The molecule has 0 aliphatic heterocycles. The molecule has 0 fully saturated rings. The van der Waals surface area contributed by atoms with E-state index in [4.69, 9.17) is 9.84 Å². The summed E-state index contributed by atoms with van der Waals surface area (Å²) in [6.45, 7) is 2.83. The molecule has 1 aromatic rings. The Labute approximate surface area is 89.3 Å². The maximum absolute atomic E-state index is 8.86. The number of ether oxygens (including phenoxy) is 1. The first-order valence-corrected chi connectivity index (χ1v) is 5.94. The van der Waals surface area contributed by atoms with Gasteiger partial charge in [0.1, 0.15) is 5.75 Å². The van der Waals surface area contributed by atoms with Crippen LogP contribution in [0.2, 0.25) is 0 Å². The Kier molecular flexibility index (Phi) is 4.84. The van der Waals surface area contributed by atoms with Crippen molar-refractivity contribution in [2.24, 2.45) is 0 Å². The van der Waals surface area contributed by atoms with Crippen molar-refractivity contribution in [1.29, 1.82) is 0 Å². The van der Waals surface area contributed by atoms with Gasteiger partial charge in [-0.1, -0.05) is 0 Å². The Morgan fingerprint density at radius 3 is 2.71 bits per heavy atom. The highest BCUT2D eigenvalue weighted by Gasteiger charge is 2.00. The topological polar surface area (TPSA) is 29.5 Å². The lowest BCUT2D eigenvalue weighted by molar-refractivity contribution is 0.299. The van der Waals surface area contributed by atoms with Crippen molar-refractivity contribution in [3.63, 3.8) is 0 Å². The monoisotopic (exact) mass is 212 g/mol. The molecule has 0 radical (unpaired) electrons. The van der Waals surface area contributed by atoms with Gasteiger partial charge in [-0.15, -0.1) is 11.8 Å². The number of thioether (sulfide) groups is 1. The molecule has 0 unspecified atom stereocenters. The number of aliphatic hydroxyl groups is 1. The second-order valence-electron chi connectivity index (χ2n) is 2.92. The summed E-state index contributed by atoms with van der Waals surface area (Å²) in [5, 5.41) is 8.86. The predicted octanol–water partition coefficient (Wildman–Crippen LogP) is 2.34. The summed E-state index contributed by atoms with van der Waals surface area (Å²) in [4.78, 5) is 1.18. The van der Waals surface area contributed by atoms with E-state index in [-0.39, 0.29) is 6.61 Å². The van der Waals surface area contributed by atoms with Crippen molar-refractivity contribution in [3.8, 4) is 5.75 Å². The molecule has 14 heavy (non-hydrogen) atoms. The molecule has 3 heteroatoms. The highest BCUT2D eigenvalue weighted by molar-refractivity contribution is 7.98. The average Bonchev–Trinajstić information content (AvgIpc) is 2.18. The lowest BCUT2D eigenvalue weighted by Gasteiger charge is -2.08. The molecule has 0 bridgehead atoms. The minimum atomic E-state index is 0.184. The molecular weight excluding hydrogens is 196 g/mol. The summed E-state index contributed by atoms with van der Waals surface area (Å²) in [7, 11) is 0. The van der Waals surface area contributed by atoms with Crippen LogP contribution in [0.1, 0.15) is 12.5 Å². The van der Waals surface area contributed by atoms with Gasteiger partial charge in [0.05, 0.1) is 6.61 Å². The van der Waals surface area contributed by atoms with Crippen molar-refractivity contribution < 1.29 is 9.84 Å². The summed E-state index contributed by atoms with van der Waals surface area (Å²) >= 11 is 1.69. The fraction of sp³-hybridized carbons (Fsp3) is 0.455. The largest absolute Gasteiger partial charge is 0.494 e. The number of hydrogen-bond donors (Lipinski definition) is 1. The number of benzene rings is 1. The quantitative estimate of drug-likeness (QED) is 0.760. The van der Waals surface area contributed by atoms with Gasteiger partial charge in [0.25, 0.3) is 0 Å². The first kappa shape index (κ1) is 11.4. The zero-order chi connectivity index (χ0) is 10.4. The number of aliphatic hydroxyl groups excluding tert-OH is 1. The Morgan fingerprint density at radius 1 is 1.36 bits per heavy atom. The predicted molar refractivity (Wildman–Crippen MR) is 60.2 cm³/mol. The first-order valence-electron chi connectivity index (χ1n) is 4.71. The minimum Gasteiger partial charge on any atom is -0.494 e. The SMILES string of the molecule is CCOc1cc(CCO)cc(SC)c1. The highest BCUT2D eigenvalue weighted by Crippen LogP contribution is 2.24. The van der Waals surface area contributed by atoms with E-state index in [1.165, 1.54) is 4.90 Å². The molecule has 78 valence electrons. The van der Waals surface area contributed by atoms with Crippen molar-refractivity contribution in [2.45, 2.75) is 18.2 Å². The van der Waals surface area contributed by atoms with Crippen LogP contribution in [0.4, 0.5) is 0 Å². The van der Waals surface area contributed by atoms with Crippen LogP contribution in [-0.4, -0.2) is 24.6 Å². The van der Waals surface area contributed by atoms with E-state index < -0.39 is 0 Å². The molecule has 0 atom stereocenters. The summed E-state index contributed by atoms with van der Waals surface area (Å²) in [5.74, 6) is 0.891. The zero-order valence-corrected chi connectivity index (χ0v) is 9.43. The van der Waals surface area contributed by atoms with Gasteiger partial charge >= 0.3 is 0 Å². The normalized spacial score (nSPS) is 10.2. The molecule has 0 heterocycles. The van der Waals surface area contributed by atoms with Crippen LogP contribution in [0, 0.1) is 0 Å². The molecule has 1 N–H and O–H groups in total. The summed E-state index contributed by atoms with van der Waals surface area (Å²) in [6, 6.07) is 6.10. The highest BCUT2D eigenvalue weighted by atomic mass is 32.2. The van der Waals surface area contributed by atoms with Crippen LogP contribution in [0.25, 0.3) is 0 Å². The van der Waals surface area contributed by atoms with Gasteiger partial charge in [-0.05, 0) is 43.4 Å². The van der Waals surface area contributed by atoms with E-state index in [2.05, 4.69) is 6.07 Å². The van der Waals surface area contributed by atoms with Gasteiger partial charge in [-0.3, -0.25) is 0 Å². The van der Waals surface area contributed by atoms with Crippen LogP contribution >= 0.6 is 11.8 Å². The van der Waals surface area contributed by atoms with Crippen LogP contribution in [0.15, 0.2) is 23.1 Å². The lowest BCUT2D eigenvalue weighted by atomic mass is 10.1. The van der Waals surface area contributed by atoms with Crippen LogP contribution < -0.4 is 4.74 Å². The molecule has 0 spiro atoms. The fourth-order valence-corrected chi connectivity index (χ4v) is 1.78. The maximum Gasteiger partial charge on any atom is 0.120 e. The van der Waals surface area contributed by atoms with E-state index in [1.54, 1.807) is 11.8 Å². The summed E-state index contributed by atoms with van der Waals surface area (Å²) < 4.78 is 5.44. The van der Waals surface area contributed by atoms with Crippen molar-refractivity contribution in [2.75, 3.05) is 19.5 Å². The van der Waals surface area contributed by atoms with Gasteiger partial charge in [0.15, 0.2) is 0 Å². The standard InChI is InChI=1S/C11H16O2S/c1-3-13-10-6-9(4-5-12)7-11(8-10)14-2/h6-8,12H,3-5H2,1-2H3.